The van der Waals surface area contributed by atoms with Gasteiger partial charge >= 0.3 is 5.97 Å². The summed E-state index contributed by atoms with van der Waals surface area (Å²) in [6.07, 6.45) is 0.396. The Labute approximate surface area is 191 Å². The summed E-state index contributed by atoms with van der Waals surface area (Å²) in [6.45, 7) is -0.00574. The van der Waals surface area contributed by atoms with Crippen LogP contribution in [-0.2, 0) is 11.2 Å². The molecule has 5 nitrogen and oxygen atoms in total. The molecule has 3 aromatic rings. The van der Waals surface area contributed by atoms with Gasteiger partial charge in [0.2, 0.25) is 0 Å². The Kier molecular flexibility index (Phi) is 7.20. The van der Waals surface area contributed by atoms with Gasteiger partial charge in [-0.3, -0.25) is 0 Å². The number of esters is 1. The summed E-state index contributed by atoms with van der Waals surface area (Å²) in [5.41, 5.74) is 4.73. The van der Waals surface area contributed by atoms with E-state index < -0.39 is 39.7 Å². The zero-order chi connectivity index (χ0) is 22.7. The molecule has 162 valence electrons. The van der Waals surface area contributed by atoms with E-state index in [4.69, 9.17) is 50.0 Å². The SMILES string of the molecule is COc1c(Cl)ccc(-c2nc(C(=O)OCCc3ccc(Cl)cc3)c(Cl)c(N)c2F)c1F. The quantitative estimate of drug-likeness (QED) is 0.433. The molecule has 0 spiro atoms. The fourth-order valence-electron chi connectivity index (χ4n) is 2.76. The number of nitrogens with zero attached hydrogens (tertiary/aromatic N) is 1. The maximum absolute atomic E-state index is 14.8. The number of carbonyl (C=O) groups is 1. The van der Waals surface area contributed by atoms with E-state index in [0.717, 1.165) is 5.56 Å². The van der Waals surface area contributed by atoms with E-state index in [2.05, 4.69) is 4.98 Å². The Balaban J connectivity index is 1.90. The number of halogens is 5. The molecular formula is C21H15Cl3F2N2O3. The molecule has 1 heterocycles. The molecule has 2 N–H and O–H groups in total. The van der Waals surface area contributed by atoms with Crippen LogP contribution in [-0.4, -0.2) is 24.7 Å². The summed E-state index contributed by atoms with van der Waals surface area (Å²) in [5, 5.41) is 0.129. The highest BCUT2D eigenvalue weighted by atomic mass is 35.5. The van der Waals surface area contributed by atoms with Gasteiger partial charge in [0.15, 0.2) is 23.1 Å². The minimum atomic E-state index is -1.09. The largest absolute Gasteiger partial charge is 0.492 e. The second-order valence-corrected chi connectivity index (χ2v) is 7.53. The van der Waals surface area contributed by atoms with Crippen LogP contribution in [0.2, 0.25) is 15.1 Å². The number of hydrogen-bond acceptors (Lipinski definition) is 5. The number of aromatic nitrogens is 1. The van der Waals surface area contributed by atoms with Crippen molar-refractivity contribution in [2.24, 2.45) is 0 Å². The number of benzene rings is 2. The van der Waals surface area contributed by atoms with Gasteiger partial charge in [0, 0.05) is 17.0 Å². The molecule has 0 aliphatic carbocycles. The predicted molar refractivity (Wildman–Crippen MR) is 116 cm³/mol. The van der Waals surface area contributed by atoms with E-state index in [1.54, 1.807) is 24.3 Å². The molecule has 0 amide bonds. The van der Waals surface area contributed by atoms with Gasteiger partial charge in [-0.2, -0.15) is 0 Å². The zero-order valence-electron chi connectivity index (χ0n) is 16.0. The smallest absolute Gasteiger partial charge is 0.358 e. The van der Waals surface area contributed by atoms with E-state index in [-0.39, 0.29) is 22.9 Å². The molecule has 0 atom stereocenters. The average Bonchev–Trinajstić information content (AvgIpc) is 2.74. The number of rotatable bonds is 6. The average molecular weight is 488 g/mol. The Hall–Kier alpha value is -2.61. The van der Waals surface area contributed by atoms with Crippen LogP contribution in [0, 0.1) is 11.6 Å². The van der Waals surface area contributed by atoms with Crippen LogP contribution >= 0.6 is 34.8 Å². The van der Waals surface area contributed by atoms with Crippen molar-refractivity contribution in [1.29, 1.82) is 0 Å². The van der Waals surface area contributed by atoms with Gasteiger partial charge in [0.1, 0.15) is 5.69 Å². The molecule has 0 radical (unpaired) electrons. The molecule has 0 bridgehead atoms. The van der Waals surface area contributed by atoms with E-state index in [1.807, 2.05) is 0 Å². The normalized spacial score (nSPS) is 10.8. The van der Waals surface area contributed by atoms with Crippen molar-refractivity contribution >= 4 is 46.5 Å². The fourth-order valence-corrected chi connectivity index (χ4v) is 3.31. The van der Waals surface area contributed by atoms with E-state index in [9.17, 15) is 13.6 Å². The maximum Gasteiger partial charge on any atom is 0.358 e. The molecule has 2 aromatic carbocycles. The number of hydrogen-bond donors (Lipinski definition) is 1. The molecule has 0 unspecified atom stereocenters. The minimum Gasteiger partial charge on any atom is -0.492 e. The van der Waals surface area contributed by atoms with Crippen molar-refractivity contribution in [3.63, 3.8) is 0 Å². The Morgan fingerprint density at radius 2 is 1.74 bits per heavy atom. The van der Waals surface area contributed by atoms with Crippen molar-refractivity contribution in [3.05, 3.63) is 74.4 Å². The van der Waals surface area contributed by atoms with Gasteiger partial charge < -0.3 is 15.2 Å². The molecule has 10 heteroatoms. The van der Waals surface area contributed by atoms with Crippen molar-refractivity contribution < 1.29 is 23.0 Å². The molecule has 3 rings (SSSR count). The summed E-state index contributed by atoms with van der Waals surface area (Å²) >= 11 is 17.7. The van der Waals surface area contributed by atoms with E-state index in [0.29, 0.717) is 11.4 Å². The van der Waals surface area contributed by atoms with Crippen molar-refractivity contribution in [2.75, 3.05) is 19.5 Å². The lowest BCUT2D eigenvalue weighted by molar-refractivity contribution is 0.0502. The standard InChI is InChI=1S/C21H15Cl3F2N2O3/c1-30-20-13(23)7-6-12(15(20)25)18-16(26)17(27)14(24)19(28-18)21(29)31-9-8-10-2-4-11(22)5-3-10/h2-7H,8-9H2,1H3,(H2,27,28). The van der Waals surface area contributed by atoms with Crippen LogP contribution in [0.15, 0.2) is 36.4 Å². The van der Waals surface area contributed by atoms with Crippen LogP contribution in [0.1, 0.15) is 16.1 Å². The van der Waals surface area contributed by atoms with Crippen LogP contribution < -0.4 is 10.5 Å². The Morgan fingerprint density at radius 3 is 2.39 bits per heavy atom. The third-order valence-corrected chi connectivity index (χ3v) is 5.28. The number of nitrogens with two attached hydrogens (primary N) is 1. The highest BCUT2D eigenvalue weighted by Crippen LogP contribution is 2.38. The lowest BCUT2D eigenvalue weighted by atomic mass is 10.1. The fraction of sp³-hybridized carbons (Fsp3) is 0.143. The van der Waals surface area contributed by atoms with Gasteiger partial charge in [-0.1, -0.05) is 46.9 Å². The molecule has 1 aromatic heterocycles. The second kappa shape index (κ2) is 9.68. The Bertz CT molecular complexity index is 1140. The van der Waals surface area contributed by atoms with Gasteiger partial charge in [0.25, 0.3) is 0 Å². The van der Waals surface area contributed by atoms with Crippen LogP contribution in [0.25, 0.3) is 11.3 Å². The molecule has 0 aliphatic heterocycles. The number of nitrogen functional groups attached to an aromatic ring is 1. The minimum absolute atomic E-state index is 0.00574. The highest BCUT2D eigenvalue weighted by molar-refractivity contribution is 6.36. The molecule has 0 saturated heterocycles. The summed E-state index contributed by atoms with van der Waals surface area (Å²) < 4.78 is 39.6. The maximum atomic E-state index is 14.8. The van der Waals surface area contributed by atoms with Crippen molar-refractivity contribution in [2.45, 2.75) is 6.42 Å². The van der Waals surface area contributed by atoms with Gasteiger partial charge in [-0.05, 0) is 29.8 Å². The van der Waals surface area contributed by atoms with Crippen molar-refractivity contribution in [3.8, 4) is 17.0 Å². The monoisotopic (exact) mass is 486 g/mol. The molecule has 0 aliphatic rings. The first-order chi connectivity index (χ1) is 14.7. The molecule has 31 heavy (non-hydrogen) atoms. The summed E-state index contributed by atoms with van der Waals surface area (Å²) in [4.78, 5) is 16.4. The first-order valence-corrected chi connectivity index (χ1v) is 9.96. The van der Waals surface area contributed by atoms with E-state index in [1.165, 1.54) is 19.2 Å². The van der Waals surface area contributed by atoms with Gasteiger partial charge in [0.05, 0.1) is 29.4 Å². The van der Waals surface area contributed by atoms with E-state index >= 15 is 0 Å². The number of carbonyl (C=O) groups excluding carboxylic acids is 1. The number of pyridine rings is 1. The summed E-state index contributed by atoms with van der Waals surface area (Å²) in [5.74, 6) is -3.30. The number of anilines is 1. The van der Waals surface area contributed by atoms with Crippen LogP contribution in [0.4, 0.5) is 14.5 Å². The first kappa shape index (κ1) is 23.1. The third kappa shape index (κ3) is 4.84. The van der Waals surface area contributed by atoms with Crippen molar-refractivity contribution in [1.82, 2.24) is 4.98 Å². The lowest BCUT2D eigenvalue weighted by Crippen LogP contribution is -2.14. The molecule has 0 saturated carbocycles. The number of methoxy groups -OCH3 is 1. The van der Waals surface area contributed by atoms with Crippen LogP contribution in [0.3, 0.4) is 0 Å². The molecular weight excluding hydrogens is 473 g/mol. The summed E-state index contributed by atoms with van der Waals surface area (Å²) in [6, 6.07) is 9.47. The van der Waals surface area contributed by atoms with Gasteiger partial charge in [-0.15, -0.1) is 0 Å². The Morgan fingerprint density at radius 1 is 1.06 bits per heavy atom. The lowest BCUT2D eigenvalue weighted by Gasteiger charge is -2.13. The molecule has 0 fully saturated rings. The van der Waals surface area contributed by atoms with Gasteiger partial charge in [-0.25, -0.2) is 18.6 Å². The summed E-state index contributed by atoms with van der Waals surface area (Å²) in [7, 11) is 1.21. The topological polar surface area (TPSA) is 74.4 Å². The van der Waals surface area contributed by atoms with Crippen LogP contribution in [0.5, 0.6) is 5.75 Å². The zero-order valence-corrected chi connectivity index (χ0v) is 18.3. The first-order valence-electron chi connectivity index (χ1n) is 8.83. The third-order valence-electron chi connectivity index (χ3n) is 4.35. The second-order valence-electron chi connectivity index (χ2n) is 6.31. The predicted octanol–water partition coefficient (Wildman–Crippen LogP) is 5.98. The highest BCUT2D eigenvalue weighted by Gasteiger charge is 2.26. The number of ether oxygens (including phenoxy) is 2.